The third-order valence-electron chi connectivity index (χ3n) is 3.17. The average Bonchev–Trinajstić information content (AvgIpc) is 2.52. The Bertz CT molecular complexity index is 145. The van der Waals surface area contributed by atoms with Crippen LogP contribution in [0.15, 0.2) is 0 Å². The van der Waals surface area contributed by atoms with E-state index in [0.717, 1.165) is 6.04 Å². The number of hydrogen-bond donors (Lipinski definition) is 1. The van der Waals surface area contributed by atoms with Gasteiger partial charge >= 0.3 is 0 Å². The molecule has 0 aliphatic carbocycles. The van der Waals surface area contributed by atoms with Crippen molar-refractivity contribution < 1.29 is 0 Å². The lowest BCUT2D eigenvalue weighted by atomic mass is 10.1. The zero-order chi connectivity index (χ0) is 10.9. The molecule has 0 spiro atoms. The summed E-state index contributed by atoms with van der Waals surface area (Å²) in [5.74, 6) is 2.59. The summed E-state index contributed by atoms with van der Waals surface area (Å²) < 4.78 is 0. The molecule has 0 aromatic carbocycles. The Labute approximate surface area is 99.2 Å². The predicted octanol–water partition coefficient (Wildman–Crippen LogP) is 2.20. The van der Waals surface area contributed by atoms with Crippen LogP contribution >= 0.6 is 11.8 Å². The molecular formula is C12H26N2S. The molecular weight excluding hydrogens is 204 g/mol. The Balaban J connectivity index is 2.11. The monoisotopic (exact) mass is 230 g/mol. The Kier molecular flexibility index (Phi) is 7.49. The first kappa shape index (κ1) is 13.3. The molecule has 2 nitrogen and oxygen atoms in total. The van der Waals surface area contributed by atoms with E-state index in [2.05, 4.69) is 35.9 Å². The number of nitrogens with one attached hydrogen (secondary N) is 1. The van der Waals surface area contributed by atoms with Crippen molar-refractivity contribution in [1.29, 1.82) is 0 Å². The largest absolute Gasteiger partial charge is 0.317 e. The third-order valence-corrected chi connectivity index (χ3v) is 4.16. The van der Waals surface area contributed by atoms with E-state index >= 15 is 0 Å². The lowest BCUT2D eigenvalue weighted by molar-refractivity contribution is 0.225. The number of rotatable bonds is 6. The second kappa shape index (κ2) is 8.43. The summed E-state index contributed by atoms with van der Waals surface area (Å²) >= 11 is 2.06. The number of thioether (sulfide) groups is 1. The van der Waals surface area contributed by atoms with Crippen LogP contribution in [0.4, 0.5) is 0 Å². The highest BCUT2D eigenvalue weighted by atomic mass is 32.2. The van der Waals surface area contributed by atoms with Crippen molar-refractivity contribution in [3.63, 3.8) is 0 Å². The van der Waals surface area contributed by atoms with Crippen LogP contribution in [0.25, 0.3) is 0 Å². The summed E-state index contributed by atoms with van der Waals surface area (Å²) in [4.78, 5) is 2.57. The van der Waals surface area contributed by atoms with Crippen LogP contribution in [0, 0.1) is 0 Å². The smallest absolute Gasteiger partial charge is 0.0105 e. The van der Waals surface area contributed by atoms with Crippen molar-refractivity contribution in [3.05, 3.63) is 0 Å². The molecule has 1 saturated heterocycles. The fourth-order valence-electron chi connectivity index (χ4n) is 2.18. The molecule has 1 rings (SSSR count). The molecule has 0 bridgehead atoms. The van der Waals surface area contributed by atoms with Gasteiger partial charge in [0.1, 0.15) is 0 Å². The van der Waals surface area contributed by atoms with E-state index in [-0.39, 0.29) is 0 Å². The maximum absolute atomic E-state index is 3.48. The molecule has 90 valence electrons. The van der Waals surface area contributed by atoms with Crippen LogP contribution in [0.2, 0.25) is 0 Å². The van der Waals surface area contributed by atoms with E-state index in [1.165, 1.54) is 56.8 Å². The van der Waals surface area contributed by atoms with Gasteiger partial charge in [0, 0.05) is 6.04 Å². The molecule has 1 aliphatic heterocycles. The highest BCUT2D eigenvalue weighted by Gasteiger charge is 2.15. The molecule has 1 N–H and O–H groups in total. The first-order valence-electron chi connectivity index (χ1n) is 6.33. The van der Waals surface area contributed by atoms with E-state index in [0.29, 0.717) is 0 Å². The molecule has 0 radical (unpaired) electrons. The van der Waals surface area contributed by atoms with Gasteiger partial charge < -0.3 is 10.2 Å². The maximum Gasteiger partial charge on any atom is 0.0105 e. The van der Waals surface area contributed by atoms with Crippen molar-refractivity contribution in [1.82, 2.24) is 10.2 Å². The summed E-state index contributed by atoms with van der Waals surface area (Å²) in [7, 11) is 2.30. The fraction of sp³-hybridized carbons (Fsp3) is 1.00. The van der Waals surface area contributed by atoms with E-state index in [4.69, 9.17) is 0 Å². The lowest BCUT2D eigenvalue weighted by Gasteiger charge is -2.26. The second-order valence-corrected chi connectivity index (χ2v) is 5.76. The zero-order valence-electron chi connectivity index (χ0n) is 10.3. The topological polar surface area (TPSA) is 15.3 Å². The summed E-state index contributed by atoms with van der Waals surface area (Å²) in [6.45, 7) is 5.94. The van der Waals surface area contributed by atoms with Crippen molar-refractivity contribution in [2.75, 3.05) is 38.2 Å². The standard InChI is InChI=1S/C12H26N2S/c1-3-15-11-5-10-14(2)12-6-4-8-13-9-7-12/h12-13H,3-11H2,1-2H3. The molecule has 0 saturated carbocycles. The van der Waals surface area contributed by atoms with Gasteiger partial charge in [0.2, 0.25) is 0 Å². The van der Waals surface area contributed by atoms with E-state index < -0.39 is 0 Å². The molecule has 3 heteroatoms. The normalized spacial score (nSPS) is 23.0. The number of hydrogen-bond acceptors (Lipinski definition) is 3. The van der Waals surface area contributed by atoms with Crippen LogP contribution in [0.3, 0.4) is 0 Å². The Morgan fingerprint density at radius 1 is 1.33 bits per heavy atom. The quantitative estimate of drug-likeness (QED) is 0.704. The van der Waals surface area contributed by atoms with Gasteiger partial charge in [-0.2, -0.15) is 11.8 Å². The minimum atomic E-state index is 0.826. The fourth-order valence-corrected chi connectivity index (χ4v) is 2.81. The summed E-state index contributed by atoms with van der Waals surface area (Å²) in [6.07, 6.45) is 5.40. The Morgan fingerprint density at radius 3 is 3.00 bits per heavy atom. The summed E-state index contributed by atoms with van der Waals surface area (Å²) in [5, 5.41) is 3.48. The molecule has 15 heavy (non-hydrogen) atoms. The van der Waals surface area contributed by atoms with Gasteiger partial charge in [0.15, 0.2) is 0 Å². The SMILES string of the molecule is CCSCCCN(C)C1CCCNCC1. The highest BCUT2D eigenvalue weighted by Crippen LogP contribution is 2.12. The summed E-state index contributed by atoms with van der Waals surface area (Å²) in [6, 6.07) is 0.826. The first-order chi connectivity index (χ1) is 7.34. The minimum absolute atomic E-state index is 0.826. The Morgan fingerprint density at radius 2 is 2.20 bits per heavy atom. The highest BCUT2D eigenvalue weighted by molar-refractivity contribution is 7.99. The van der Waals surface area contributed by atoms with E-state index in [1.54, 1.807) is 0 Å². The van der Waals surface area contributed by atoms with Gasteiger partial charge in [-0.15, -0.1) is 0 Å². The van der Waals surface area contributed by atoms with Crippen molar-refractivity contribution in [2.24, 2.45) is 0 Å². The molecule has 1 heterocycles. The van der Waals surface area contributed by atoms with Gasteiger partial charge in [0.05, 0.1) is 0 Å². The van der Waals surface area contributed by atoms with Crippen molar-refractivity contribution >= 4 is 11.8 Å². The van der Waals surface area contributed by atoms with Crippen molar-refractivity contribution in [2.45, 2.75) is 38.6 Å². The summed E-state index contributed by atoms with van der Waals surface area (Å²) in [5.41, 5.74) is 0. The second-order valence-electron chi connectivity index (χ2n) is 4.37. The van der Waals surface area contributed by atoms with Gasteiger partial charge in [-0.25, -0.2) is 0 Å². The Hall–Kier alpha value is 0.270. The van der Waals surface area contributed by atoms with Gasteiger partial charge in [-0.1, -0.05) is 6.92 Å². The molecule has 0 aromatic heterocycles. The minimum Gasteiger partial charge on any atom is -0.317 e. The molecule has 1 atom stereocenters. The van der Waals surface area contributed by atoms with Crippen LogP contribution in [-0.4, -0.2) is 49.1 Å². The van der Waals surface area contributed by atoms with E-state index in [1.807, 2.05) is 0 Å². The van der Waals surface area contributed by atoms with Gasteiger partial charge in [-0.05, 0) is 63.9 Å². The molecule has 1 aliphatic rings. The molecule has 1 unspecified atom stereocenters. The zero-order valence-corrected chi connectivity index (χ0v) is 11.1. The molecule has 1 fully saturated rings. The van der Waals surface area contributed by atoms with Crippen molar-refractivity contribution in [3.8, 4) is 0 Å². The average molecular weight is 230 g/mol. The van der Waals surface area contributed by atoms with Crippen LogP contribution < -0.4 is 5.32 Å². The maximum atomic E-state index is 3.48. The first-order valence-corrected chi connectivity index (χ1v) is 7.48. The van der Waals surface area contributed by atoms with Crippen LogP contribution in [0.5, 0.6) is 0 Å². The van der Waals surface area contributed by atoms with Crippen LogP contribution in [0.1, 0.15) is 32.6 Å². The molecule has 0 amide bonds. The van der Waals surface area contributed by atoms with Gasteiger partial charge in [0.25, 0.3) is 0 Å². The van der Waals surface area contributed by atoms with E-state index in [9.17, 15) is 0 Å². The van der Waals surface area contributed by atoms with Gasteiger partial charge in [-0.3, -0.25) is 0 Å². The third kappa shape index (κ3) is 5.79. The molecule has 0 aromatic rings. The number of nitrogens with zero attached hydrogens (tertiary/aromatic N) is 1. The predicted molar refractivity (Wildman–Crippen MR) is 70.8 cm³/mol. The lowest BCUT2D eigenvalue weighted by Crippen LogP contribution is -2.33. The van der Waals surface area contributed by atoms with Crippen LogP contribution in [-0.2, 0) is 0 Å².